The number of carbonyl (C=O) groups is 1. The molecule has 0 saturated carbocycles. The van der Waals surface area contributed by atoms with Crippen molar-refractivity contribution in [2.45, 2.75) is 33.8 Å². The summed E-state index contributed by atoms with van der Waals surface area (Å²) in [5, 5.41) is 2.96. The number of hydrogen-bond acceptors (Lipinski definition) is 6. The van der Waals surface area contributed by atoms with Gasteiger partial charge in [0.1, 0.15) is 0 Å². The Morgan fingerprint density at radius 2 is 2.18 bits per heavy atom. The number of carbonyl (C=O) groups excluding carboxylic acids is 1. The van der Waals surface area contributed by atoms with Gasteiger partial charge in [-0.3, -0.25) is 9.84 Å². The fourth-order valence-corrected chi connectivity index (χ4v) is 1.85. The Morgan fingerprint density at radius 3 is 2.71 bits per heavy atom. The highest BCUT2D eigenvalue weighted by molar-refractivity contribution is 8.00. The van der Waals surface area contributed by atoms with Crippen molar-refractivity contribution in [3.63, 3.8) is 0 Å². The first kappa shape index (κ1) is 16.4. The molecule has 0 aliphatic carbocycles. The van der Waals surface area contributed by atoms with Gasteiger partial charge in [-0.2, -0.15) is 0 Å². The first-order valence-corrected chi connectivity index (χ1v) is 7.52. The Balaban J connectivity index is 3.97. The second-order valence-electron chi connectivity index (χ2n) is 3.43. The first-order chi connectivity index (χ1) is 7.95. The lowest BCUT2D eigenvalue weighted by Gasteiger charge is -2.04. The second-order valence-corrected chi connectivity index (χ2v) is 5.21. The molecule has 0 spiro atoms. The van der Waals surface area contributed by atoms with Crippen LogP contribution in [0.3, 0.4) is 0 Å². The molecule has 0 aromatic carbocycles. The lowest BCUT2D eigenvalue weighted by molar-refractivity contribution is -0.141. The molecule has 0 saturated heterocycles. The Morgan fingerprint density at radius 1 is 1.53 bits per heavy atom. The van der Waals surface area contributed by atoms with E-state index < -0.39 is 13.1 Å². The third-order valence-corrected chi connectivity index (χ3v) is 2.73. The summed E-state index contributed by atoms with van der Waals surface area (Å²) < 4.78 is 15.3. The van der Waals surface area contributed by atoms with Crippen LogP contribution in [0, 0.1) is 0 Å². The van der Waals surface area contributed by atoms with Crippen LogP contribution in [0.1, 0.15) is 27.7 Å². The van der Waals surface area contributed by atoms with Gasteiger partial charge in [0.2, 0.25) is 11.8 Å². The van der Waals surface area contributed by atoms with Crippen LogP contribution in [0.5, 0.6) is 0 Å². The number of allylic oxidation sites excluding steroid dienone is 1. The summed E-state index contributed by atoms with van der Waals surface area (Å²) in [6.07, 6.45) is 1.11. The molecule has 0 rings (SSSR count). The van der Waals surface area contributed by atoms with Gasteiger partial charge in [0.15, 0.2) is 12.5 Å². The fourth-order valence-electron chi connectivity index (χ4n) is 0.803. The molecule has 0 aliphatic heterocycles. The minimum atomic E-state index is -1.44. The summed E-state index contributed by atoms with van der Waals surface area (Å²) in [7, 11) is -1.44. The first-order valence-electron chi connectivity index (χ1n) is 5.33. The maximum atomic E-state index is 11.2. The average Bonchev–Trinajstić information content (AvgIpc) is 2.15. The molecule has 7 heteroatoms. The summed E-state index contributed by atoms with van der Waals surface area (Å²) in [6.45, 7) is 8.30. The number of rotatable bonds is 8. The van der Waals surface area contributed by atoms with E-state index in [1.807, 2.05) is 6.92 Å². The smallest absolute Gasteiger partial charge is 0.460 e. The van der Waals surface area contributed by atoms with Gasteiger partial charge in [0.05, 0.1) is 12.2 Å². The quantitative estimate of drug-likeness (QED) is 0.184. The maximum absolute atomic E-state index is 11.2. The van der Waals surface area contributed by atoms with E-state index in [2.05, 4.69) is 5.32 Å². The van der Waals surface area contributed by atoms with Crippen molar-refractivity contribution in [3.8, 4) is 0 Å². The van der Waals surface area contributed by atoms with E-state index in [4.69, 9.17) is 25.6 Å². The molecule has 0 amide bonds. The minimum absolute atomic E-state index is 0.151. The van der Waals surface area contributed by atoms with Gasteiger partial charge in [0, 0.05) is 0 Å². The molecule has 17 heavy (non-hydrogen) atoms. The predicted octanol–water partition coefficient (Wildman–Crippen LogP) is 2.22. The summed E-state index contributed by atoms with van der Waals surface area (Å²) >= 11 is 4.96. The molecule has 0 fully saturated rings. The molecule has 0 aliphatic rings. The zero-order valence-electron chi connectivity index (χ0n) is 10.6. The largest absolute Gasteiger partial charge is 0.574 e. The molecular formula is C10H19NO4PS+. The Bertz CT molecular complexity index is 294. The second kappa shape index (κ2) is 9.48. The zero-order chi connectivity index (χ0) is 13.3. The lowest BCUT2D eigenvalue weighted by Crippen LogP contribution is -2.14. The van der Waals surface area contributed by atoms with Crippen molar-refractivity contribution >= 4 is 24.9 Å². The van der Waals surface area contributed by atoms with E-state index >= 15 is 0 Å². The molecule has 98 valence electrons. The van der Waals surface area contributed by atoms with Crippen LogP contribution in [-0.2, 0) is 30.4 Å². The molecule has 1 atom stereocenters. The third kappa shape index (κ3) is 10.3. The molecule has 5 nitrogen and oxygen atoms in total. The van der Waals surface area contributed by atoms with E-state index in [-0.39, 0.29) is 6.10 Å². The Hall–Kier alpha value is -0.550. The molecule has 0 heterocycles. The van der Waals surface area contributed by atoms with Crippen molar-refractivity contribution in [1.29, 1.82) is 0 Å². The number of esters is 1. The Kier molecular flexibility index (Phi) is 9.17. The number of ether oxygens (including phenoxy) is 1. The van der Waals surface area contributed by atoms with Gasteiger partial charge in [-0.05, 0) is 27.3 Å². The van der Waals surface area contributed by atoms with Gasteiger partial charge in [0.25, 0.3) is 0 Å². The highest BCUT2D eigenvalue weighted by Crippen LogP contribution is 2.27. The third-order valence-electron chi connectivity index (χ3n) is 1.41. The SMILES string of the molecule is CCNCO[P+](=S)OC(C)=CC(=O)OC(C)C. The van der Waals surface area contributed by atoms with Crippen LogP contribution < -0.4 is 5.32 Å². The van der Waals surface area contributed by atoms with Crippen LogP contribution in [0.4, 0.5) is 0 Å². The van der Waals surface area contributed by atoms with E-state index in [9.17, 15) is 4.79 Å². The van der Waals surface area contributed by atoms with Gasteiger partial charge >= 0.3 is 13.1 Å². The van der Waals surface area contributed by atoms with Crippen molar-refractivity contribution in [2.24, 2.45) is 0 Å². The molecule has 1 unspecified atom stereocenters. The van der Waals surface area contributed by atoms with Crippen molar-refractivity contribution in [3.05, 3.63) is 11.8 Å². The van der Waals surface area contributed by atoms with Gasteiger partial charge < -0.3 is 4.74 Å². The lowest BCUT2D eigenvalue weighted by atomic mass is 10.4. The Labute approximate surface area is 108 Å². The molecule has 0 bridgehead atoms. The normalized spacial score (nSPS) is 12.5. The van der Waals surface area contributed by atoms with E-state index in [0.717, 1.165) is 6.54 Å². The van der Waals surface area contributed by atoms with Crippen molar-refractivity contribution in [2.75, 3.05) is 13.3 Å². The highest BCUT2D eigenvalue weighted by Gasteiger charge is 2.16. The van der Waals surface area contributed by atoms with Crippen LogP contribution in [0.15, 0.2) is 11.8 Å². The van der Waals surface area contributed by atoms with Gasteiger partial charge in [-0.15, -0.1) is 4.52 Å². The van der Waals surface area contributed by atoms with Crippen molar-refractivity contribution in [1.82, 2.24) is 5.32 Å². The van der Waals surface area contributed by atoms with E-state index in [1.165, 1.54) is 6.08 Å². The molecule has 0 radical (unpaired) electrons. The summed E-state index contributed by atoms with van der Waals surface area (Å²) in [5.41, 5.74) is 0. The highest BCUT2D eigenvalue weighted by atomic mass is 32.4. The predicted molar refractivity (Wildman–Crippen MR) is 70.0 cm³/mol. The maximum Gasteiger partial charge on any atom is 0.574 e. The fraction of sp³-hybridized carbons (Fsp3) is 0.700. The van der Waals surface area contributed by atoms with Crippen LogP contribution in [0.2, 0.25) is 0 Å². The standard InChI is InChI=1S/C10H19NO4PS/c1-5-11-7-13-16(17)15-9(4)6-10(12)14-8(2)3/h6,8,11H,5,7H2,1-4H3/q+1. The average molecular weight is 280 g/mol. The zero-order valence-corrected chi connectivity index (χ0v) is 12.3. The van der Waals surface area contributed by atoms with E-state index in [0.29, 0.717) is 12.5 Å². The monoisotopic (exact) mass is 280 g/mol. The summed E-state index contributed by atoms with van der Waals surface area (Å²) in [5.74, 6) is -0.0455. The number of nitrogens with one attached hydrogen (secondary N) is 1. The number of hydrogen-bond donors (Lipinski definition) is 1. The minimum Gasteiger partial charge on any atom is -0.460 e. The van der Waals surface area contributed by atoms with Crippen LogP contribution in [0.25, 0.3) is 0 Å². The van der Waals surface area contributed by atoms with E-state index in [1.54, 1.807) is 20.8 Å². The van der Waals surface area contributed by atoms with Crippen molar-refractivity contribution < 1.29 is 18.6 Å². The molecule has 0 aromatic heterocycles. The summed E-state index contributed by atoms with van der Waals surface area (Å²) in [6, 6.07) is 0. The topological polar surface area (TPSA) is 56.8 Å². The molecule has 0 aromatic rings. The van der Waals surface area contributed by atoms with Crippen LogP contribution in [-0.4, -0.2) is 25.3 Å². The summed E-state index contributed by atoms with van der Waals surface area (Å²) in [4.78, 5) is 11.2. The van der Waals surface area contributed by atoms with Crippen LogP contribution >= 0.6 is 7.15 Å². The van der Waals surface area contributed by atoms with Gasteiger partial charge in [-0.25, -0.2) is 4.79 Å². The molecular weight excluding hydrogens is 261 g/mol. The van der Waals surface area contributed by atoms with Gasteiger partial charge in [-0.1, -0.05) is 6.92 Å². The molecule has 1 N–H and O–H groups in total.